The molecular weight excluding hydrogens is 237 g/mol. The zero-order valence-corrected chi connectivity index (χ0v) is 9.39. The smallest absolute Gasteiger partial charge is 0.338 e. The van der Waals surface area contributed by atoms with E-state index >= 15 is 0 Å². The summed E-state index contributed by atoms with van der Waals surface area (Å²) in [6.45, 7) is 0. The topological polar surface area (TPSA) is 50.1 Å². The molecule has 0 aliphatic heterocycles. The Kier molecular flexibility index (Phi) is 3.96. The highest BCUT2D eigenvalue weighted by Crippen LogP contribution is 2.26. The van der Waals surface area contributed by atoms with E-state index in [4.69, 9.17) is 28.5 Å². The minimum absolute atomic E-state index is 0.0544. The van der Waals surface area contributed by atoms with Crippen molar-refractivity contribution in [2.75, 3.05) is 7.11 Å². The summed E-state index contributed by atoms with van der Waals surface area (Å²) in [6, 6.07) is 4.85. The molecule has 0 atom stereocenters. The number of alkyl halides is 1. The summed E-state index contributed by atoms with van der Waals surface area (Å²) in [5.41, 5.74) is 1.00. The zero-order chi connectivity index (χ0) is 11.4. The highest BCUT2D eigenvalue weighted by Gasteiger charge is 2.16. The van der Waals surface area contributed by atoms with Gasteiger partial charge in [0.1, 0.15) is 6.07 Å². The summed E-state index contributed by atoms with van der Waals surface area (Å²) in [7, 11) is 1.27. The number of benzene rings is 1. The average Bonchev–Trinajstić information content (AvgIpc) is 2.27. The Morgan fingerprint density at radius 3 is 2.73 bits per heavy atom. The lowest BCUT2D eigenvalue weighted by Gasteiger charge is -2.07. The van der Waals surface area contributed by atoms with Gasteiger partial charge in [-0.1, -0.05) is 11.6 Å². The quantitative estimate of drug-likeness (QED) is 0.593. The molecule has 15 heavy (non-hydrogen) atoms. The van der Waals surface area contributed by atoms with Crippen molar-refractivity contribution in [3.8, 4) is 6.07 Å². The molecule has 3 nitrogen and oxygen atoms in total. The predicted molar refractivity (Wildman–Crippen MR) is 57.1 cm³/mol. The third-order valence-corrected chi connectivity index (χ3v) is 2.60. The fourth-order valence-corrected chi connectivity index (χ4v) is 1.76. The molecule has 5 heteroatoms. The molecule has 0 radical (unpaired) electrons. The Hall–Kier alpha value is -1.24. The molecule has 0 saturated carbocycles. The van der Waals surface area contributed by atoms with Crippen LogP contribution in [0.25, 0.3) is 0 Å². The van der Waals surface area contributed by atoms with Gasteiger partial charge in [-0.3, -0.25) is 0 Å². The van der Waals surface area contributed by atoms with Crippen LogP contribution in [0.1, 0.15) is 21.5 Å². The Morgan fingerprint density at radius 1 is 1.60 bits per heavy atom. The third-order valence-electron chi connectivity index (χ3n) is 1.90. The maximum Gasteiger partial charge on any atom is 0.338 e. The second-order valence-electron chi connectivity index (χ2n) is 2.69. The second kappa shape index (κ2) is 5.01. The lowest BCUT2D eigenvalue weighted by atomic mass is 10.1. The molecule has 0 aliphatic rings. The van der Waals surface area contributed by atoms with Crippen molar-refractivity contribution < 1.29 is 9.53 Å². The number of nitrogens with zero attached hydrogens (tertiary/aromatic N) is 1. The van der Waals surface area contributed by atoms with Crippen LogP contribution in [0.2, 0.25) is 5.02 Å². The first kappa shape index (κ1) is 11.8. The van der Waals surface area contributed by atoms with E-state index in [2.05, 4.69) is 4.74 Å². The molecule has 0 heterocycles. The molecule has 0 aliphatic carbocycles. The number of carbonyl (C=O) groups is 1. The van der Waals surface area contributed by atoms with Gasteiger partial charge in [-0.05, 0) is 12.1 Å². The molecule has 0 bridgehead atoms. The summed E-state index contributed by atoms with van der Waals surface area (Å²) in [4.78, 5) is 11.3. The van der Waals surface area contributed by atoms with Crippen molar-refractivity contribution in [2.24, 2.45) is 0 Å². The Balaban J connectivity index is 3.39. The molecule has 1 rings (SSSR count). The van der Waals surface area contributed by atoms with Crippen LogP contribution < -0.4 is 0 Å². The first-order chi connectivity index (χ1) is 7.15. The number of methoxy groups -OCH3 is 1. The van der Waals surface area contributed by atoms with E-state index in [0.717, 1.165) is 0 Å². The molecule has 1 aromatic rings. The van der Waals surface area contributed by atoms with Crippen LogP contribution in [0.15, 0.2) is 12.1 Å². The molecule has 0 spiro atoms. The molecular formula is C10H7Cl2NO2. The highest BCUT2D eigenvalue weighted by molar-refractivity contribution is 6.34. The van der Waals surface area contributed by atoms with Crippen LogP contribution in [0, 0.1) is 11.3 Å². The number of halogens is 2. The van der Waals surface area contributed by atoms with Gasteiger partial charge in [-0.2, -0.15) is 5.26 Å². The molecule has 78 valence electrons. The highest BCUT2D eigenvalue weighted by atomic mass is 35.5. The number of carbonyl (C=O) groups excluding carboxylic acids is 1. The van der Waals surface area contributed by atoms with Crippen molar-refractivity contribution in [3.05, 3.63) is 33.8 Å². The van der Waals surface area contributed by atoms with E-state index in [1.807, 2.05) is 6.07 Å². The summed E-state index contributed by atoms with van der Waals surface area (Å²) in [5, 5.41) is 8.94. The van der Waals surface area contributed by atoms with Gasteiger partial charge in [0.05, 0.1) is 23.3 Å². The normalized spacial score (nSPS) is 9.47. The number of esters is 1. The second-order valence-corrected chi connectivity index (χ2v) is 3.34. The summed E-state index contributed by atoms with van der Waals surface area (Å²) in [6.07, 6.45) is 0. The van der Waals surface area contributed by atoms with E-state index in [-0.39, 0.29) is 16.5 Å². The number of ether oxygens (including phenoxy) is 1. The van der Waals surface area contributed by atoms with Crippen molar-refractivity contribution in [2.45, 2.75) is 5.88 Å². The van der Waals surface area contributed by atoms with Gasteiger partial charge in [0.25, 0.3) is 0 Å². The van der Waals surface area contributed by atoms with Crippen LogP contribution in [0.5, 0.6) is 0 Å². The summed E-state index contributed by atoms with van der Waals surface area (Å²) >= 11 is 11.6. The van der Waals surface area contributed by atoms with E-state index in [0.29, 0.717) is 11.1 Å². The fourth-order valence-electron chi connectivity index (χ4n) is 1.14. The molecule has 0 fully saturated rings. The van der Waals surface area contributed by atoms with Crippen molar-refractivity contribution >= 4 is 29.2 Å². The monoisotopic (exact) mass is 243 g/mol. The van der Waals surface area contributed by atoms with Gasteiger partial charge in [0, 0.05) is 11.4 Å². The molecule has 0 unspecified atom stereocenters. The lowest BCUT2D eigenvalue weighted by Crippen LogP contribution is -2.06. The standard InChI is InChI=1S/C10H7Cl2NO2/c1-15-10(14)7-3-2-6(5-13)9(12)8(7)4-11/h2-3H,4H2,1H3. The molecule has 0 saturated heterocycles. The van der Waals surface area contributed by atoms with Crippen LogP contribution in [-0.2, 0) is 10.6 Å². The van der Waals surface area contributed by atoms with Gasteiger partial charge < -0.3 is 4.74 Å². The van der Waals surface area contributed by atoms with Gasteiger partial charge in [-0.15, -0.1) is 11.6 Å². The van der Waals surface area contributed by atoms with Crippen molar-refractivity contribution in [3.63, 3.8) is 0 Å². The van der Waals surface area contributed by atoms with Crippen molar-refractivity contribution in [1.29, 1.82) is 5.26 Å². The Labute approximate surface area is 97.2 Å². The zero-order valence-electron chi connectivity index (χ0n) is 7.88. The van der Waals surface area contributed by atoms with Crippen LogP contribution in [0.4, 0.5) is 0 Å². The SMILES string of the molecule is COC(=O)c1ccc(C#N)c(Cl)c1CCl. The van der Waals surface area contributed by atoms with E-state index in [1.165, 1.54) is 19.2 Å². The average molecular weight is 244 g/mol. The van der Waals surface area contributed by atoms with E-state index < -0.39 is 5.97 Å². The number of nitriles is 1. The summed E-state index contributed by atoms with van der Waals surface area (Å²) < 4.78 is 4.57. The predicted octanol–water partition coefficient (Wildman–Crippen LogP) is 2.74. The molecule has 1 aromatic carbocycles. The minimum Gasteiger partial charge on any atom is -0.465 e. The molecule has 0 aromatic heterocycles. The lowest BCUT2D eigenvalue weighted by molar-refractivity contribution is 0.0600. The maximum atomic E-state index is 11.3. The number of hydrogen-bond acceptors (Lipinski definition) is 3. The first-order valence-electron chi connectivity index (χ1n) is 4.01. The first-order valence-corrected chi connectivity index (χ1v) is 4.92. The van der Waals surface area contributed by atoms with E-state index in [9.17, 15) is 4.79 Å². The summed E-state index contributed by atoms with van der Waals surface area (Å²) in [5.74, 6) is -0.462. The van der Waals surface area contributed by atoms with Crippen molar-refractivity contribution in [1.82, 2.24) is 0 Å². The van der Waals surface area contributed by atoms with Crippen LogP contribution >= 0.6 is 23.2 Å². The molecule has 0 N–H and O–H groups in total. The van der Waals surface area contributed by atoms with Gasteiger partial charge in [0.2, 0.25) is 0 Å². The molecule has 0 amide bonds. The van der Waals surface area contributed by atoms with Gasteiger partial charge in [0.15, 0.2) is 0 Å². The number of hydrogen-bond donors (Lipinski definition) is 0. The van der Waals surface area contributed by atoms with Crippen LogP contribution in [0.3, 0.4) is 0 Å². The number of rotatable bonds is 2. The Morgan fingerprint density at radius 2 is 2.27 bits per heavy atom. The minimum atomic E-state index is -0.517. The Bertz CT molecular complexity index is 438. The van der Waals surface area contributed by atoms with E-state index in [1.54, 1.807) is 0 Å². The fraction of sp³-hybridized carbons (Fsp3) is 0.200. The van der Waals surface area contributed by atoms with Gasteiger partial charge >= 0.3 is 5.97 Å². The van der Waals surface area contributed by atoms with Gasteiger partial charge in [-0.25, -0.2) is 4.79 Å². The van der Waals surface area contributed by atoms with Crippen LogP contribution in [-0.4, -0.2) is 13.1 Å². The maximum absolute atomic E-state index is 11.3. The third kappa shape index (κ3) is 2.23. The largest absolute Gasteiger partial charge is 0.465 e.